The molecule has 5 saturated carbocycles. The molecule has 0 aromatic rings. The van der Waals surface area contributed by atoms with Crippen LogP contribution in [0.3, 0.4) is 0 Å². The van der Waals surface area contributed by atoms with E-state index in [0.29, 0.717) is 38.4 Å². The van der Waals surface area contributed by atoms with Gasteiger partial charge in [-0.3, -0.25) is 0 Å². The summed E-state index contributed by atoms with van der Waals surface area (Å²) in [6.07, 6.45) is 17.8. The number of hydrogen-bond donors (Lipinski definition) is 1. The van der Waals surface area contributed by atoms with Gasteiger partial charge < -0.3 is 10.5 Å². The number of nitrogens with two attached hydrogens (primary N) is 1. The van der Waals surface area contributed by atoms with Crippen molar-refractivity contribution in [2.45, 2.75) is 246 Å². The van der Waals surface area contributed by atoms with Crippen molar-refractivity contribution in [2.24, 2.45) is 66.8 Å². The van der Waals surface area contributed by atoms with Gasteiger partial charge in [-0.25, -0.2) is 4.39 Å². The van der Waals surface area contributed by atoms with Gasteiger partial charge in [0.25, 0.3) is 0 Å². The fourth-order valence-electron chi connectivity index (χ4n) is 8.21. The van der Waals surface area contributed by atoms with Crippen molar-refractivity contribution in [2.75, 3.05) is 13.2 Å². The lowest BCUT2D eigenvalue weighted by molar-refractivity contribution is -0.0821. The molecule has 0 bridgehead atoms. The minimum absolute atomic E-state index is 0. The van der Waals surface area contributed by atoms with E-state index < -0.39 is 5.67 Å². The number of alkyl halides is 1. The Balaban J connectivity index is 0.000000660. The third kappa shape index (κ3) is 27.3. The zero-order chi connectivity index (χ0) is 43.9. The zero-order valence-electron chi connectivity index (χ0n) is 41.0. The molecule has 6 fully saturated rings. The first-order valence-corrected chi connectivity index (χ1v) is 22.7. The molecule has 5 aliphatic carbocycles. The summed E-state index contributed by atoms with van der Waals surface area (Å²) >= 11 is 0. The van der Waals surface area contributed by atoms with E-state index >= 15 is 0 Å². The van der Waals surface area contributed by atoms with Gasteiger partial charge in [0.05, 0.1) is 36.2 Å². The lowest BCUT2D eigenvalue weighted by atomic mass is 9.62. The molecular weight excluding hydrogens is 702 g/mol. The Morgan fingerprint density at radius 3 is 1.05 bits per heavy atom. The van der Waals surface area contributed by atoms with Gasteiger partial charge in [-0.15, -0.1) is 0 Å². The van der Waals surface area contributed by atoms with Crippen LogP contribution in [0.15, 0.2) is 0 Å². The molecule has 0 amide bonds. The highest BCUT2D eigenvalue weighted by atomic mass is 19.1. The molecule has 1 aliphatic heterocycles. The summed E-state index contributed by atoms with van der Waals surface area (Å²) < 4.78 is 18.1. The van der Waals surface area contributed by atoms with Gasteiger partial charge in [0, 0.05) is 11.5 Å². The average Bonchev–Trinajstić information content (AvgIpc) is 3.72. The van der Waals surface area contributed by atoms with Gasteiger partial charge >= 0.3 is 0 Å². The first-order chi connectivity index (χ1) is 24.9. The Labute approximate surface area is 357 Å². The molecule has 2 N–H and O–H groups in total. The fraction of sp³-hybridized carbons (Fsp3) is 0.962. The quantitative estimate of drug-likeness (QED) is 0.300. The van der Waals surface area contributed by atoms with Crippen LogP contribution in [0.25, 0.3) is 0 Å². The average molecular weight is 802 g/mol. The first-order valence-electron chi connectivity index (χ1n) is 22.7. The smallest absolute Gasteiger partial charge is 0.111 e. The van der Waals surface area contributed by atoms with Gasteiger partial charge in [-0.1, -0.05) is 151 Å². The van der Waals surface area contributed by atoms with Crippen molar-refractivity contribution in [3.05, 3.63) is 0 Å². The molecule has 0 spiro atoms. The summed E-state index contributed by atoms with van der Waals surface area (Å²) in [5, 5.41) is 17.7. The van der Waals surface area contributed by atoms with E-state index in [4.69, 9.17) is 21.0 Å². The molecule has 0 aromatic carbocycles. The molecule has 6 aliphatic rings. The fourth-order valence-corrected chi connectivity index (χ4v) is 8.21. The number of ether oxygens (including phenoxy) is 1. The molecule has 5 heteroatoms. The first kappa shape index (κ1) is 55.8. The topological polar surface area (TPSA) is 82.8 Å². The lowest BCUT2D eigenvalue weighted by Gasteiger charge is -2.39. The van der Waals surface area contributed by atoms with Crippen LogP contribution in [-0.4, -0.2) is 24.4 Å². The Bertz CT molecular complexity index is 1230. The van der Waals surface area contributed by atoms with Crippen LogP contribution in [0.1, 0.15) is 235 Å². The molecule has 1 saturated heterocycles. The number of halogens is 1. The van der Waals surface area contributed by atoms with Crippen LogP contribution in [0.5, 0.6) is 0 Å². The van der Waals surface area contributed by atoms with Crippen LogP contribution >= 0.6 is 0 Å². The van der Waals surface area contributed by atoms with E-state index in [1.807, 2.05) is 0 Å². The predicted octanol–water partition coefficient (Wildman–Crippen LogP) is 16.1. The molecule has 4 nitrogen and oxygen atoms in total. The number of hydrogen-bond acceptors (Lipinski definition) is 4. The summed E-state index contributed by atoms with van der Waals surface area (Å²) in [7, 11) is 0. The number of nitriles is 2. The predicted molar refractivity (Wildman–Crippen MR) is 247 cm³/mol. The van der Waals surface area contributed by atoms with Gasteiger partial charge in [0.1, 0.15) is 5.67 Å². The maximum atomic E-state index is 13.0. The summed E-state index contributed by atoms with van der Waals surface area (Å²) in [5.41, 5.74) is 7.89. The Hall–Kier alpha value is -1.17. The summed E-state index contributed by atoms with van der Waals surface area (Å²) in [6, 6.07) is 4.88. The molecule has 2 atom stereocenters. The summed E-state index contributed by atoms with van der Waals surface area (Å²) in [4.78, 5) is 0. The highest BCUT2D eigenvalue weighted by Crippen LogP contribution is 2.53. The van der Waals surface area contributed by atoms with Gasteiger partial charge in [0.2, 0.25) is 0 Å². The highest BCUT2D eigenvalue weighted by molar-refractivity contribution is 5.11. The van der Waals surface area contributed by atoms with E-state index in [1.54, 1.807) is 6.92 Å². The Morgan fingerprint density at radius 1 is 0.596 bits per heavy atom. The second kappa shape index (κ2) is 20.6. The minimum Gasteiger partial charge on any atom is -0.381 e. The maximum Gasteiger partial charge on any atom is 0.111 e. The van der Waals surface area contributed by atoms with E-state index in [1.165, 1.54) is 44.9 Å². The molecule has 0 radical (unpaired) electrons. The Kier molecular flexibility index (Phi) is 20.2. The standard InChI is InChI=1S/C10H17N.C9H17F.C9H15N.C8H17N.C8H16.C7H14O.CH4/c1-9(2,3)7-10(8-11)5-4-6-10;1-8(2,3)5-7-6-9(7,4)10;1-8(2,3)6-9(7-10)4-5-9;1-7(2,3)6-8(9)4-5-8;1-8(2,3)6-7-4-5-7;1-7(2,3)6-4-8-5-6;/h4-7H2,1-3H3;7H,5-6H2,1-4H3;4-6H2,1-3H3;4-6,9H2,1-3H3;7H,4-6H2,1-3H3;6H,4-5H2,1-3H3;1H4. The van der Waals surface area contributed by atoms with Crippen molar-refractivity contribution in [3.8, 4) is 12.1 Å². The molecule has 2 unspecified atom stereocenters. The van der Waals surface area contributed by atoms with Crippen LogP contribution in [-0.2, 0) is 4.74 Å². The molecule has 336 valence electrons. The normalized spacial score (nSPS) is 25.1. The largest absolute Gasteiger partial charge is 0.381 e. The van der Waals surface area contributed by atoms with Crippen LogP contribution in [0.2, 0.25) is 0 Å². The van der Waals surface area contributed by atoms with Crippen LogP contribution in [0.4, 0.5) is 4.39 Å². The molecular formula is C52H100FN3O. The van der Waals surface area contributed by atoms with Crippen LogP contribution in [0, 0.1) is 83.7 Å². The maximum absolute atomic E-state index is 13.0. The van der Waals surface area contributed by atoms with Crippen molar-refractivity contribution in [1.82, 2.24) is 0 Å². The van der Waals surface area contributed by atoms with E-state index in [-0.39, 0.29) is 23.8 Å². The van der Waals surface area contributed by atoms with Crippen molar-refractivity contribution in [1.29, 1.82) is 10.5 Å². The summed E-state index contributed by atoms with van der Waals surface area (Å²) in [6.45, 7) is 43.9. The lowest BCUT2D eigenvalue weighted by Crippen LogP contribution is -2.37. The molecule has 0 aromatic heterocycles. The van der Waals surface area contributed by atoms with Crippen LogP contribution < -0.4 is 5.73 Å². The molecule has 1 heterocycles. The monoisotopic (exact) mass is 802 g/mol. The molecule has 57 heavy (non-hydrogen) atoms. The number of nitrogens with zero attached hydrogens (tertiary/aromatic N) is 2. The van der Waals surface area contributed by atoms with Gasteiger partial charge in [0.15, 0.2) is 0 Å². The SMILES string of the molecule is C.CC(C)(C)C1COC1.CC(C)(C)CC1(C#N)CC1.CC(C)(C)CC1(C#N)CCC1.CC(C)(C)CC1(N)CC1.CC(C)(C)CC1CC1.CC(C)(C)CC1CC1(C)F. The highest BCUT2D eigenvalue weighted by Gasteiger charge is 2.52. The van der Waals surface area contributed by atoms with Gasteiger partial charge in [-0.05, 0) is 128 Å². The Morgan fingerprint density at radius 2 is 0.965 bits per heavy atom. The van der Waals surface area contributed by atoms with E-state index in [9.17, 15) is 4.39 Å². The number of rotatable bonds is 5. The second-order valence-electron chi connectivity index (χ2n) is 27.0. The second-order valence-corrected chi connectivity index (χ2v) is 27.0. The van der Waals surface area contributed by atoms with E-state index in [2.05, 4.69) is 137 Å². The third-order valence-corrected chi connectivity index (χ3v) is 11.8. The summed E-state index contributed by atoms with van der Waals surface area (Å²) in [5.74, 6) is 2.24. The van der Waals surface area contributed by atoms with Crippen molar-refractivity contribution >= 4 is 0 Å². The zero-order valence-corrected chi connectivity index (χ0v) is 41.0. The van der Waals surface area contributed by atoms with E-state index in [0.717, 1.165) is 76.4 Å². The van der Waals surface area contributed by atoms with Crippen molar-refractivity contribution < 1.29 is 9.13 Å². The minimum atomic E-state index is -0.826. The third-order valence-electron chi connectivity index (χ3n) is 11.8. The molecule has 6 rings (SSSR count). The van der Waals surface area contributed by atoms with Crippen molar-refractivity contribution in [3.63, 3.8) is 0 Å². The van der Waals surface area contributed by atoms with Gasteiger partial charge in [-0.2, -0.15) is 10.5 Å².